The van der Waals surface area contributed by atoms with Gasteiger partial charge in [0.05, 0.1) is 13.5 Å². The summed E-state index contributed by atoms with van der Waals surface area (Å²) in [6.07, 6.45) is -0.489. The summed E-state index contributed by atoms with van der Waals surface area (Å²) in [6.45, 7) is 1.69. The molecule has 21 heavy (non-hydrogen) atoms. The van der Waals surface area contributed by atoms with Gasteiger partial charge in [0.2, 0.25) is 5.91 Å². The first-order valence-electron chi connectivity index (χ1n) is 6.28. The van der Waals surface area contributed by atoms with Crippen molar-refractivity contribution in [2.45, 2.75) is 19.4 Å². The molecule has 0 fully saturated rings. The number of methoxy groups -OCH3 is 1. The second-order valence-corrected chi connectivity index (χ2v) is 4.42. The van der Waals surface area contributed by atoms with E-state index in [0.717, 1.165) is 12.0 Å². The molecule has 2 N–H and O–H groups in total. The van der Waals surface area contributed by atoms with Gasteiger partial charge in [0.15, 0.2) is 0 Å². The predicted molar refractivity (Wildman–Crippen MR) is 72.5 cm³/mol. The van der Waals surface area contributed by atoms with Crippen molar-refractivity contribution in [1.29, 1.82) is 0 Å². The molecule has 3 amide bonds. The number of amides is 3. The second kappa shape index (κ2) is 8.77. The van der Waals surface area contributed by atoms with Gasteiger partial charge in [0.1, 0.15) is 12.6 Å². The van der Waals surface area contributed by atoms with Crippen molar-refractivity contribution in [3.05, 3.63) is 0 Å². The van der Waals surface area contributed by atoms with E-state index in [4.69, 9.17) is 5.11 Å². The van der Waals surface area contributed by atoms with Crippen molar-refractivity contribution >= 4 is 23.9 Å². The van der Waals surface area contributed by atoms with Gasteiger partial charge in [-0.2, -0.15) is 0 Å². The number of aliphatic carboxylic acids is 1. The highest BCUT2D eigenvalue weighted by Crippen LogP contribution is 1.99. The predicted octanol–water partition coefficient (Wildman–Crippen LogP) is -0.878. The van der Waals surface area contributed by atoms with E-state index < -0.39 is 30.4 Å². The number of esters is 1. The van der Waals surface area contributed by atoms with Crippen molar-refractivity contribution in [3.63, 3.8) is 0 Å². The van der Waals surface area contributed by atoms with Gasteiger partial charge >= 0.3 is 18.0 Å². The Morgan fingerprint density at radius 2 is 1.81 bits per heavy atom. The average Bonchev–Trinajstić information content (AvgIpc) is 2.42. The fourth-order valence-corrected chi connectivity index (χ4v) is 1.32. The topological polar surface area (TPSA) is 116 Å². The van der Waals surface area contributed by atoms with Crippen molar-refractivity contribution < 1.29 is 29.0 Å². The molecular formula is C12H21N3O6. The van der Waals surface area contributed by atoms with Crippen LogP contribution in [0.5, 0.6) is 0 Å². The number of carbonyl (C=O) groups is 4. The molecule has 1 atom stereocenters. The lowest BCUT2D eigenvalue weighted by Gasteiger charge is -2.24. The van der Waals surface area contributed by atoms with Crippen LogP contribution in [0.15, 0.2) is 0 Å². The monoisotopic (exact) mass is 303 g/mol. The fraction of sp³-hybridized carbons (Fsp3) is 0.667. The molecule has 0 aromatic carbocycles. The first-order valence-corrected chi connectivity index (χ1v) is 6.28. The third-order valence-electron chi connectivity index (χ3n) is 2.69. The molecule has 0 heterocycles. The molecule has 0 aliphatic rings. The summed E-state index contributed by atoms with van der Waals surface area (Å²) in [7, 11) is 4.22. The van der Waals surface area contributed by atoms with Crippen molar-refractivity contribution in [3.8, 4) is 0 Å². The highest BCUT2D eigenvalue weighted by Gasteiger charge is 2.26. The summed E-state index contributed by atoms with van der Waals surface area (Å²) in [4.78, 5) is 48.1. The lowest BCUT2D eigenvalue weighted by molar-refractivity contribution is -0.147. The van der Waals surface area contributed by atoms with Crippen LogP contribution in [-0.2, 0) is 19.1 Å². The van der Waals surface area contributed by atoms with Crippen LogP contribution in [0.25, 0.3) is 0 Å². The lowest BCUT2D eigenvalue weighted by Crippen LogP contribution is -2.51. The minimum absolute atomic E-state index is 0.181. The Hall–Kier alpha value is -2.32. The van der Waals surface area contributed by atoms with E-state index in [-0.39, 0.29) is 19.0 Å². The van der Waals surface area contributed by atoms with E-state index in [1.54, 1.807) is 21.0 Å². The number of nitrogens with zero attached hydrogens (tertiary/aromatic N) is 2. The minimum Gasteiger partial charge on any atom is -0.480 e. The standard InChI is InChI=1S/C12H21N3O6/c1-5-15(7-9(16)14(2)3)12(20)13-8(11(18)19)6-10(17)21-4/h8H,5-7H2,1-4H3,(H,13,20)(H,18,19)/t8-/m0/s1. The van der Waals surface area contributed by atoms with Crippen LogP contribution in [0, 0.1) is 0 Å². The zero-order valence-corrected chi connectivity index (χ0v) is 12.6. The molecule has 0 saturated heterocycles. The van der Waals surface area contributed by atoms with Crippen LogP contribution in [0.1, 0.15) is 13.3 Å². The molecule has 0 spiro atoms. The molecule has 120 valence electrons. The maximum absolute atomic E-state index is 11.9. The Morgan fingerprint density at radius 1 is 1.24 bits per heavy atom. The third-order valence-corrected chi connectivity index (χ3v) is 2.69. The van der Waals surface area contributed by atoms with Crippen molar-refractivity contribution in [2.24, 2.45) is 0 Å². The maximum atomic E-state index is 11.9. The molecule has 9 heteroatoms. The molecule has 0 aliphatic heterocycles. The molecule has 0 saturated carbocycles. The van der Waals surface area contributed by atoms with Crippen LogP contribution in [0.2, 0.25) is 0 Å². The fourth-order valence-electron chi connectivity index (χ4n) is 1.32. The highest BCUT2D eigenvalue weighted by molar-refractivity contribution is 5.88. The Bertz CT molecular complexity index is 410. The number of rotatable bonds is 7. The SMILES string of the molecule is CCN(CC(=O)N(C)C)C(=O)N[C@@H](CC(=O)OC)C(=O)O. The number of likely N-dealkylation sites (N-methyl/N-ethyl adjacent to an activating group) is 2. The van der Waals surface area contributed by atoms with Crippen molar-refractivity contribution in [2.75, 3.05) is 34.3 Å². The van der Waals surface area contributed by atoms with Crippen LogP contribution in [0.3, 0.4) is 0 Å². The summed E-state index contributed by atoms with van der Waals surface area (Å²) in [5.74, 6) is -2.41. The Balaban J connectivity index is 4.74. The molecular weight excluding hydrogens is 282 g/mol. The zero-order valence-electron chi connectivity index (χ0n) is 12.6. The normalized spacial score (nSPS) is 11.2. The second-order valence-electron chi connectivity index (χ2n) is 4.42. The van der Waals surface area contributed by atoms with E-state index in [2.05, 4.69) is 10.1 Å². The summed E-state index contributed by atoms with van der Waals surface area (Å²) >= 11 is 0. The Labute approximate surface area is 122 Å². The van der Waals surface area contributed by atoms with E-state index in [0.29, 0.717) is 0 Å². The number of hydrogen-bond acceptors (Lipinski definition) is 5. The maximum Gasteiger partial charge on any atom is 0.326 e. The van der Waals surface area contributed by atoms with Crippen LogP contribution in [0.4, 0.5) is 4.79 Å². The number of hydrogen-bond donors (Lipinski definition) is 2. The molecule has 0 aromatic rings. The van der Waals surface area contributed by atoms with Gasteiger partial charge in [-0.1, -0.05) is 0 Å². The molecule has 0 aliphatic carbocycles. The average molecular weight is 303 g/mol. The summed E-state index contributed by atoms with van der Waals surface area (Å²) in [6, 6.07) is -2.14. The van der Waals surface area contributed by atoms with E-state index in [1.165, 1.54) is 4.90 Å². The Kier molecular flexibility index (Phi) is 7.80. The molecule has 0 rings (SSSR count). The van der Waals surface area contributed by atoms with E-state index >= 15 is 0 Å². The molecule has 0 radical (unpaired) electrons. The first kappa shape index (κ1) is 18.7. The van der Waals surface area contributed by atoms with Gasteiger partial charge in [-0.05, 0) is 6.92 Å². The summed E-state index contributed by atoms with van der Waals surface area (Å²) in [5.41, 5.74) is 0. The quantitative estimate of drug-likeness (QED) is 0.590. The smallest absolute Gasteiger partial charge is 0.326 e. The van der Waals surface area contributed by atoms with E-state index in [1.807, 2.05) is 0 Å². The van der Waals surface area contributed by atoms with Crippen LogP contribution >= 0.6 is 0 Å². The summed E-state index contributed by atoms with van der Waals surface area (Å²) in [5, 5.41) is 11.2. The van der Waals surface area contributed by atoms with Crippen LogP contribution in [-0.4, -0.2) is 79.1 Å². The number of carboxylic acids is 1. The van der Waals surface area contributed by atoms with Gasteiger partial charge in [-0.3, -0.25) is 9.59 Å². The van der Waals surface area contributed by atoms with Gasteiger partial charge in [-0.15, -0.1) is 0 Å². The number of carbonyl (C=O) groups excluding carboxylic acids is 3. The largest absolute Gasteiger partial charge is 0.480 e. The molecule has 0 bridgehead atoms. The number of carboxylic acid groups (broad SMARTS) is 1. The number of urea groups is 1. The van der Waals surface area contributed by atoms with Gasteiger partial charge in [-0.25, -0.2) is 9.59 Å². The van der Waals surface area contributed by atoms with Crippen molar-refractivity contribution in [1.82, 2.24) is 15.1 Å². The zero-order chi connectivity index (χ0) is 16.6. The lowest BCUT2D eigenvalue weighted by atomic mass is 10.2. The minimum atomic E-state index is -1.41. The molecule has 0 unspecified atom stereocenters. The molecule has 9 nitrogen and oxygen atoms in total. The number of nitrogens with one attached hydrogen (secondary N) is 1. The van der Waals surface area contributed by atoms with Gasteiger partial charge in [0.25, 0.3) is 0 Å². The molecule has 0 aromatic heterocycles. The highest BCUT2D eigenvalue weighted by atomic mass is 16.5. The first-order chi connectivity index (χ1) is 9.72. The third kappa shape index (κ3) is 6.59. The van der Waals surface area contributed by atoms with Crippen LogP contribution < -0.4 is 5.32 Å². The van der Waals surface area contributed by atoms with Gasteiger partial charge < -0.3 is 25.0 Å². The Morgan fingerprint density at radius 3 is 2.19 bits per heavy atom. The van der Waals surface area contributed by atoms with Gasteiger partial charge in [0, 0.05) is 20.6 Å². The summed E-state index contributed by atoms with van der Waals surface area (Å²) < 4.78 is 4.37. The number of ether oxygens (including phenoxy) is 1. The van der Waals surface area contributed by atoms with E-state index in [9.17, 15) is 19.2 Å².